The highest BCUT2D eigenvalue weighted by atomic mass is 79.9. The van der Waals surface area contributed by atoms with Gasteiger partial charge in [-0.15, -0.1) is 0 Å². The molecule has 0 saturated heterocycles. The maximum atomic E-state index is 11.4. The maximum absolute atomic E-state index is 11.4. The van der Waals surface area contributed by atoms with E-state index in [1.165, 1.54) is 0 Å². The SMILES string of the molecule is CC(CC#N)C(C)NC(=O)C(Br)CBr. The molecular formula is C9H14Br2N2O. The molecule has 0 radical (unpaired) electrons. The van der Waals surface area contributed by atoms with E-state index in [4.69, 9.17) is 5.26 Å². The topological polar surface area (TPSA) is 52.9 Å². The normalized spacial score (nSPS) is 16.5. The second kappa shape index (κ2) is 7.24. The van der Waals surface area contributed by atoms with Crippen LogP contribution in [0.15, 0.2) is 0 Å². The molecule has 0 aromatic heterocycles. The number of hydrogen-bond donors (Lipinski definition) is 1. The van der Waals surface area contributed by atoms with Crippen LogP contribution >= 0.6 is 31.9 Å². The zero-order chi connectivity index (χ0) is 11.1. The number of amides is 1. The Morgan fingerprint density at radius 2 is 2.14 bits per heavy atom. The van der Waals surface area contributed by atoms with Crippen molar-refractivity contribution in [3.63, 3.8) is 0 Å². The third-order valence-corrected chi connectivity index (χ3v) is 4.31. The summed E-state index contributed by atoms with van der Waals surface area (Å²) >= 11 is 6.45. The van der Waals surface area contributed by atoms with E-state index in [9.17, 15) is 4.79 Å². The second-order valence-electron chi connectivity index (χ2n) is 3.26. The Hall–Kier alpha value is -0.0800. The first-order valence-electron chi connectivity index (χ1n) is 4.40. The van der Waals surface area contributed by atoms with Gasteiger partial charge in [-0.05, 0) is 12.8 Å². The number of carbonyl (C=O) groups is 1. The van der Waals surface area contributed by atoms with Gasteiger partial charge in [0.25, 0.3) is 0 Å². The van der Waals surface area contributed by atoms with Crippen molar-refractivity contribution in [1.82, 2.24) is 5.32 Å². The standard InChI is InChI=1S/C9H14Br2N2O/c1-6(3-4-12)7(2)13-9(14)8(11)5-10/h6-8H,3,5H2,1-2H3,(H,13,14). The summed E-state index contributed by atoms with van der Waals surface area (Å²) in [4.78, 5) is 11.2. The Balaban J connectivity index is 4.00. The molecule has 0 fully saturated rings. The predicted molar refractivity (Wildman–Crippen MR) is 63.5 cm³/mol. The average Bonchev–Trinajstić information content (AvgIpc) is 2.16. The number of nitrogens with one attached hydrogen (secondary N) is 1. The van der Waals surface area contributed by atoms with Crippen molar-refractivity contribution in [1.29, 1.82) is 5.26 Å². The molecule has 0 saturated carbocycles. The van der Waals surface area contributed by atoms with Gasteiger partial charge in [-0.1, -0.05) is 38.8 Å². The molecule has 3 unspecified atom stereocenters. The van der Waals surface area contributed by atoms with Gasteiger partial charge < -0.3 is 5.32 Å². The summed E-state index contributed by atoms with van der Waals surface area (Å²) in [5.41, 5.74) is 0. The number of halogens is 2. The lowest BCUT2D eigenvalue weighted by molar-refractivity contribution is -0.120. The van der Waals surface area contributed by atoms with Gasteiger partial charge >= 0.3 is 0 Å². The zero-order valence-electron chi connectivity index (χ0n) is 8.26. The van der Waals surface area contributed by atoms with Crippen molar-refractivity contribution in [3.8, 4) is 6.07 Å². The lowest BCUT2D eigenvalue weighted by atomic mass is 10.0. The van der Waals surface area contributed by atoms with Crippen molar-refractivity contribution in [2.75, 3.05) is 5.33 Å². The molecule has 0 spiro atoms. The van der Waals surface area contributed by atoms with Crippen LogP contribution in [0.4, 0.5) is 0 Å². The van der Waals surface area contributed by atoms with E-state index in [0.717, 1.165) is 0 Å². The summed E-state index contributed by atoms with van der Waals surface area (Å²) in [6.45, 7) is 3.86. The molecule has 0 aliphatic heterocycles. The fraction of sp³-hybridized carbons (Fsp3) is 0.778. The number of hydrogen-bond acceptors (Lipinski definition) is 2. The van der Waals surface area contributed by atoms with E-state index < -0.39 is 0 Å². The first kappa shape index (κ1) is 13.9. The van der Waals surface area contributed by atoms with Gasteiger partial charge in [0.15, 0.2) is 0 Å². The van der Waals surface area contributed by atoms with Gasteiger partial charge in [0, 0.05) is 17.8 Å². The van der Waals surface area contributed by atoms with Gasteiger partial charge in [0.05, 0.1) is 6.07 Å². The Kier molecular flexibility index (Phi) is 7.20. The highest BCUT2D eigenvalue weighted by molar-refractivity contribution is 9.12. The van der Waals surface area contributed by atoms with Crippen LogP contribution < -0.4 is 5.32 Å². The fourth-order valence-electron chi connectivity index (χ4n) is 0.848. The van der Waals surface area contributed by atoms with Crippen LogP contribution in [-0.2, 0) is 4.79 Å². The molecular weight excluding hydrogens is 312 g/mol. The number of nitrogens with zero attached hydrogens (tertiary/aromatic N) is 1. The van der Waals surface area contributed by atoms with Gasteiger partial charge in [-0.3, -0.25) is 4.79 Å². The minimum absolute atomic E-state index is 0.0289. The molecule has 1 amide bonds. The van der Waals surface area contributed by atoms with Crippen molar-refractivity contribution < 1.29 is 4.79 Å². The van der Waals surface area contributed by atoms with Crippen LogP contribution in [0.5, 0.6) is 0 Å². The third kappa shape index (κ3) is 4.97. The molecule has 3 atom stereocenters. The molecule has 3 nitrogen and oxygen atoms in total. The first-order valence-corrected chi connectivity index (χ1v) is 6.44. The fourth-order valence-corrected chi connectivity index (χ4v) is 1.27. The van der Waals surface area contributed by atoms with Crippen LogP contribution in [0.3, 0.4) is 0 Å². The van der Waals surface area contributed by atoms with E-state index in [-0.39, 0.29) is 22.7 Å². The van der Waals surface area contributed by atoms with Gasteiger partial charge in [0.2, 0.25) is 5.91 Å². The van der Waals surface area contributed by atoms with Crippen LogP contribution in [0.1, 0.15) is 20.3 Å². The molecule has 0 aromatic rings. The summed E-state index contributed by atoms with van der Waals surface area (Å²) < 4.78 is 0. The van der Waals surface area contributed by atoms with Crippen molar-refractivity contribution in [3.05, 3.63) is 0 Å². The van der Waals surface area contributed by atoms with E-state index in [2.05, 4.69) is 43.2 Å². The molecule has 14 heavy (non-hydrogen) atoms. The van der Waals surface area contributed by atoms with E-state index >= 15 is 0 Å². The van der Waals surface area contributed by atoms with E-state index in [1.807, 2.05) is 13.8 Å². The molecule has 0 aromatic carbocycles. The summed E-state index contributed by atoms with van der Waals surface area (Å²) in [5, 5.41) is 11.9. The molecule has 0 heterocycles. The Morgan fingerprint density at radius 3 is 2.57 bits per heavy atom. The molecule has 0 bridgehead atoms. The minimum Gasteiger partial charge on any atom is -0.352 e. The molecule has 0 aliphatic carbocycles. The van der Waals surface area contributed by atoms with Crippen molar-refractivity contribution in [2.24, 2.45) is 5.92 Å². The first-order chi connectivity index (χ1) is 6.52. The van der Waals surface area contributed by atoms with Gasteiger partial charge in [0.1, 0.15) is 4.83 Å². The molecule has 5 heteroatoms. The molecule has 0 rings (SSSR count). The monoisotopic (exact) mass is 324 g/mol. The van der Waals surface area contributed by atoms with Crippen molar-refractivity contribution >= 4 is 37.8 Å². The number of rotatable bonds is 5. The highest BCUT2D eigenvalue weighted by Gasteiger charge is 2.18. The van der Waals surface area contributed by atoms with Crippen molar-refractivity contribution in [2.45, 2.75) is 31.1 Å². The Morgan fingerprint density at radius 1 is 1.57 bits per heavy atom. The van der Waals surface area contributed by atoms with Crippen LogP contribution in [0.2, 0.25) is 0 Å². The van der Waals surface area contributed by atoms with Crippen LogP contribution in [0, 0.1) is 17.2 Å². The second-order valence-corrected chi connectivity index (χ2v) is 5.01. The Labute approximate surface area is 101 Å². The summed E-state index contributed by atoms with van der Waals surface area (Å²) in [6, 6.07) is 2.12. The largest absolute Gasteiger partial charge is 0.352 e. The maximum Gasteiger partial charge on any atom is 0.234 e. The van der Waals surface area contributed by atoms with Crippen LogP contribution in [0.25, 0.3) is 0 Å². The minimum atomic E-state index is -0.209. The molecule has 0 aliphatic rings. The van der Waals surface area contributed by atoms with E-state index in [1.54, 1.807) is 0 Å². The summed E-state index contributed by atoms with van der Waals surface area (Å²) in [6.07, 6.45) is 0.461. The summed E-state index contributed by atoms with van der Waals surface area (Å²) in [5.74, 6) is 0.137. The smallest absolute Gasteiger partial charge is 0.234 e. The van der Waals surface area contributed by atoms with Gasteiger partial charge in [-0.25, -0.2) is 0 Å². The lowest BCUT2D eigenvalue weighted by Crippen LogP contribution is -2.41. The Bertz CT molecular complexity index is 227. The number of carbonyl (C=O) groups excluding carboxylic acids is 1. The average molecular weight is 326 g/mol. The summed E-state index contributed by atoms with van der Waals surface area (Å²) in [7, 11) is 0. The predicted octanol–water partition coefficient (Wildman–Crippen LogP) is 2.20. The quantitative estimate of drug-likeness (QED) is 0.788. The van der Waals surface area contributed by atoms with Gasteiger partial charge in [-0.2, -0.15) is 5.26 Å². The highest BCUT2D eigenvalue weighted by Crippen LogP contribution is 2.09. The van der Waals surface area contributed by atoms with E-state index in [0.29, 0.717) is 11.8 Å². The number of alkyl halides is 2. The molecule has 1 N–H and O–H groups in total. The third-order valence-electron chi connectivity index (χ3n) is 2.06. The van der Waals surface area contributed by atoms with Crippen LogP contribution in [-0.4, -0.2) is 22.1 Å². The molecule has 80 valence electrons. The zero-order valence-corrected chi connectivity index (χ0v) is 11.4. The lowest BCUT2D eigenvalue weighted by Gasteiger charge is -2.20. The number of nitriles is 1.